The van der Waals surface area contributed by atoms with Crippen LogP contribution in [0.2, 0.25) is 16.6 Å². The van der Waals surface area contributed by atoms with Crippen molar-refractivity contribution < 1.29 is 9.35 Å². The van der Waals surface area contributed by atoms with E-state index < -0.39 is 8.32 Å². The molecule has 0 aliphatic rings. The topological polar surface area (TPSA) is 52.4 Å². The van der Waals surface area contributed by atoms with Gasteiger partial charge in [-0.2, -0.15) is 0 Å². The highest BCUT2D eigenvalue weighted by molar-refractivity contribution is 9.10. The van der Waals surface area contributed by atoms with Crippen LogP contribution in [0, 0.1) is 10.1 Å². The van der Waals surface area contributed by atoms with Crippen molar-refractivity contribution in [1.29, 1.82) is 0 Å². The van der Waals surface area contributed by atoms with Crippen molar-refractivity contribution in [3.05, 3.63) is 32.8 Å². The Morgan fingerprint density at radius 2 is 1.57 bits per heavy atom. The number of hydrogen-bond acceptors (Lipinski definition) is 3. The predicted octanol–water partition coefficient (Wildman–Crippen LogP) is 5.91. The van der Waals surface area contributed by atoms with Gasteiger partial charge in [0.2, 0.25) is 0 Å². The van der Waals surface area contributed by atoms with E-state index in [-0.39, 0.29) is 10.6 Å². The van der Waals surface area contributed by atoms with E-state index >= 15 is 0 Å². The summed E-state index contributed by atoms with van der Waals surface area (Å²) in [7, 11) is -2.08. The third kappa shape index (κ3) is 3.66. The number of nitro benzene ring substituents is 1. The largest absolute Gasteiger partial charge is 0.543 e. The molecule has 0 amide bonds. The molecule has 118 valence electrons. The minimum absolute atomic E-state index is 0.0478. The number of benzene rings is 1. The van der Waals surface area contributed by atoms with Gasteiger partial charge in [-0.05, 0) is 44.7 Å². The molecule has 0 heterocycles. The van der Waals surface area contributed by atoms with Crippen molar-refractivity contribution in [2.75, 3.05) is 0 Å². The average Bonchev–Trinajstić information content (AvgIpc) is 2.35. The molecule has 0 aliphatic carbocycles. The number of nitrogens with zero attached hydrogens (tertiary/aromatic N) is 1. The van der Waals surface area contributed by atoms with Gasteiger partial charge in [-0.3, -0.25) is 10.1 Å². The molecule has 4 nitrogen and oxygen atoms in total. The molecule has 0 saturated heterocycles. The average molecular weight is 374 g/mol. The van der Waals surface area contributed by atoms with Crippen molar-refractivity contribution in [2.24, 2.45) is 0 Å². The third-order valence-electron chi connectivity index (χ3n) is 4.12. The van der Waals surface area contributed by atoms with Crippen LogP contribution in [-0.4, -0.2) is 13.2 Å². The van der Waals surface area contributed by atoms with Gasteiger partial charge in [0.25, 0.3) is 14.0 Å². The maximum Gasteiger partial charge on any atom is 0.287 e. The molecular formula is C15H24BrNO3Si. The summed E-state index contributed by atoms with van der Waals surface area (Å²) in [5.74, 6) is 0.604. The molecule has 1 rings (SSSR count). The zero-order valence-electron chi connectivity index (χ0n) is 13.5. The zero-order valence-corrected chi connectivity index (χ0v) is 16.1. The highest BCUT2D eigenvalue weighted by atomic mass is 79.9. The fraction of sp³-hybridized carbons (Fsp3) is 0.600. The lowest BCUT2D eigenvalue weighted by Crippen LogP contribution is -2.50. The first kappa shape index (κ1) is 18.2. The van der Waals surface area contributed by atoms with Gasteiger partial charge < -0.3 is 4.43 Å². The summed E-state index contributed by atoms with van der Waals surface area (Å²) in [5.41, 5.74) is 1.34. The maximum absolute atomic E-state index is 11.1. The second-order valence-corrected chi connectivity index (χ2v) is 12.5. The van der Waals surface area contributed by atoms with Crippen molar-refractivity contribution >= 4 is 29.9 Å². The van der Waals surface area contributed by atoms with Crippen LogP contribution in [0.1, 0.15) is 41.5 Å². The molecule has 6 heteroatoms. The summed E-state index contributed by atoms with van der Waals surface area (Å²) < 4.78 is 6.92. The Morgan fingerprint density at radius 3 is 1.95 bits per heavy atom. The van der Waals surface area contributed by atoms with E-state index in [2.05, 4.69) is 57.5 Å². The zero-order chi connectivity index (χ0) is 16.4. The van der Waals surface area contributed by atoms with E-state index in [1.807, 2.05) is 6.07 Å². The molecule has 0 spiro atoms. The lowest BCUT2D eigenvalue weighted by Gasteiger charge is -2.42. The maximum atomic E-state index is 11.1. The summed E-state index contributed by atoms with van der Waals surface area (Å²) in [6, 6.07) is 5.03. The van der Waals surface area contributed by atoms with Gasteiger partial charge in [0.05, 0.1) is 15.5 Å². The Balaban J connectivity index is 3.27. The second kappa shape index (κ2) is 6.92. The number of nitro groups is 1. The van der Waals surface area contributed by atoms with Gasteiger partial charge in [0, 0.05) is 0 Å². The van der Waals surface area contributed by atoms with Crippen molar-refractivity contribution in [2.45, 2.75) is 58.2 Å². The molecule has 0 bridgehead atoms. The van der Waals surface area contributed by atoms with Crippen LogP contribution in [0.4, 0.5) is 5.69 Å². The molecule has 1 aromatic rings. The molecule has 0 unspecified atom stereocenters. The molecule has 0 fully saturated rings. The highest BCUT2D eigenvalue weighted by Gasteiger charge is 2.47. The first-order chi connectivity index (χ1) is 9.62. The van der Waals surface area contributed by atoms with Crippen LogP contribution in [0.15, 0.2) is 22.7 Å². The van der Waals surface area contributed by atoms with Crippen LogP contribution >= 0.6 is 15.9 Å². The molecule has 0 aliphatic heterocycles. The number of halogens is 1. The van der Waals surface area contributed by atoms with Gasteiger partial charge in [-0.25, -0.2) is 0 Å². The van der Waals surface area contributed by atoms with E-state index in [1.54, 1.807) is 6.07 Å². The Kier molecular flexibility index (Phi) is 5.98. The Labute approximate surface area is 136 Å². The van der Waals surface area contributed by atoms with E-state index in [0.717, 1.165) is 0 Å². The molecular weight excluding hydrogens is 350 g/mol. The van der Waals surface area contributed by atoms with Crippen molar-refractivity contribution in [1.82, 2.24) is 0 Å². The van der Waals surface area contributed by atoms with E-state index in [0.29, 0.717) is 26.8 Å². The standard InChI is InChI=1S/C15H24BrNO3Si/c1-10(2)21(11(3)4,12(5)6)20-13-7-8-14(16)15(9-13)17(18)19/h7-12H,1-6H3. The Bertz CT molecular complexity index is 496. The highest BCUT2D eigenvalue weighted by Crippen LogP contribution is 2.43. The fourth-order valence-corrected chi connectivity index (χ4v) is 8.89. The van der Waals surface area contributed by atoms with Crippen LogP contribution in [0.25, 0.3) is 0 Å². The molecule has 21 heavy (non-hydrogen) atoms. The quantitative estimate of drug-likeness (QED) is 0.353. The number of rotatable bonds is 6. The van der Waals surface area contributed by atoms with Gasteiger partial charge in [0.1, 0.15) is 5.75 Å². The first-order valence-corrected chi connectivity index (χ1v) is 10.2. The molecule has 0 N–H and O–H groups in total. The predicted molar refractivity (Wildman–Crippen MR) is 92.5 cm³/mol. The first-order valence-electron chi connectivity index (χ1n) is 7.25. The minimum Gasteiger partial charge on any atom is -0.543 e. The Hall–Kier alpha value is -0.883. The van der Waals surface area contributed by atoms with E-state index in [1.165, 1.54) is 6.07 Å². The van der Waals surface area contributed by atoms with Gasteiger partial charge in [-0.1, -0.05) is 41.5 Å². The van der Waals surface area contributed by atoms with Crippen LogP contribution in [0.3, 0.4) is 0 Å². The molecule has 0 atom stereocenters. The normalized spacial score (nSPS) is 12.3. The summed E-state index contributed by atoms with van der Waals surface area (Å²) >= 11 is 3.21. The number of hydrogen-bond donors (Lipinski definition) is 0. The SMILES string of the molecule is CC(C)[Si](Oc1ccc(Br)c([N+](=O)[O-])c1)(C(C)C)C(C)C. The van der Waals surface area contributed by atoms with Gasteiger partial charge in [0.15, 0.2) is 0 Å². The lowest BCUT2D eigenvalue weighted by atomic mass is 10.3. The lowest BCUT2D eigenvalue weighted by molar-refractivity contribution is -0.385. The molecule has 0 radical (unpaired) electrons. The van der Waals surface area contributed by atoms with Gasteiger partial charge in [-0.15, -0.1) is 0 Å². The fourth-order valence-electron chi connectivity index (χ4n) is 3.25. The second-order valence-electron chi connectivity index (χ2n) is 6.29. The molecule has 1 aromatic carbocycles. The third-order valence-corrected chi connectivity index (χ3v) is 10.8. The van der Waals surface area contributed by atoms with E-state index in [4.69, 9.17) is 4.43 Å². The van der Waals surface area contributed by atoms with Crippen LogP contribution in [0.5, 0.6) is 5.75 Å². The van der Waals surface area contributed by atoms with Crippen LogP contribution in [-0.2, 0) is 0 Å². The molecule has 0 saturated carbocycles. The van der Waals surface area contributed by atoms with Gasteiger partial charge >= 0.3 is 0 Å². The van der Waals surface area contributed by atoms with Crippen molar-refractivity contribution in [3.8, 4) is 5.75 Å². The summed E-state index contributed by atoms with van der Waals surface area (Å²) in [6.07, 6.45) is 0. The summed E-state index contributed by atoms with van der Waals surface area (Å²) in [5, 5.41) is 11.1. The van der Waals surface area contributed by atoms with Crippen LogP contribution < -0.4 is 4.43 Å². The van der Waals surface area contributed by atoms with Crippen molar-refractivity contribution in [3.63, 3.8) is 0 Å². The minimum atomic E-state index is -2.08. The van der Waals surface area contributed by atoms with E-state index in [9.17, 15) is 10.1 Å². The molecule has 0 aromatic heterocycles. The summed E-state index contributed by atoms with van der Waals surface area (Å²) in [4.78, 5) is 10.7. The smallest absolute Gasteiger partial charge is 0.287 e. The monoisotopic (exact) mass is 373 g/mol. The summed E-state index contributed by atoms with van der Waals surface area (Å²) in [6.45, 7) is 13.2. The Morgan fingerprint density at radius 1 is 1.10 bits per heavy atom.